The van der Waals surface area contributed by atoms with Crippen LogP contribution >= 0.6 is 11.3 Å². The molecule has 2 unspecified atom stereocenters. The van der Waals surface area contributed by atoms with Gasteiger partial charge in [0, 0.05) is 24.0 Å². The minimum Gasteiger partial charge on any atom is -0.491 e. The summed E-state index contributed by atoms with van der Waals surface area (Å²) in [6.07, 6.45) is 4.22. The molecule has 0 radical (unpaired) electrons. The molecule has 2 heterocycles. The molecule has 188 valence electrons. The van der Waals surface area contributed by atoms with Crippen molar-refractivity contribution in [2.24, 2.45) is 0 Å². The third-order valence-electron chi connectivity index (χ3n) is 6.31. The molecule has 0 spiro atoms. The van der Waals surface area contributed by atoms with Gasteiger partial charge in [-0.2, -0.15) is 0 Å². The Hall–Kier alpha value is -2.39. The molecule has 2 aromatic carbocycles. The first-order valence-corrected chi connectivity index (χ1v) is 14.8. The highest BCUT2D eigenvalue weighted by molar-refractivity contribution is 7.92. The van der Waals surface area contributed by atoms with E-state index in [4.69, 9.17) is 9.47 Å². The van der Waals surface area contributed by atoms with E-state index < -0.39 is 10.0 Å². The van der Waals surface area contributed by atoms with Gasteiger partial charge in [0.15, 0.2) is 0 Å². The van der Waals surface area contributed by atoms with Gasteiger partial charge in [0.25, 0.3) is 0 Å². The van der Waals surface area contributed by atoms with Crippen LogP contribution in [0.2, 0.25) is 0 Å². The van der Waals surface area contributed by atoms with Crippen molar-refractivity contribution < 1.29 is 17.9 Å². The van der Waals surface area contributed by atoms with Crippen LogP contribution in [0.1, 0.15) is 42.7 Å². The SMILES string of the molecule is CC(CCOc1ccccc1NS(C)(=O)=O)N1CCC(OC(c2ccccc2)c2cccs2)CC1. The van der Waals surface area contributed by atoms with Crippen molar-refractivity contribution in [2.75, 3.05) is 30.7 Å². The molecule has 0 amide bonds. The van der Waals surface area contributed by atoms with E-state index in [1.165, 1.54) is 10.4 Å². The summed E-state index contributed by atoms with van der Waals surface area (Å²) in [6.45, 7) is 4.73. The highest BCUT2D eigenvalue weighted by Gasteiger charge is 2.27. The molecule has 0 aliphatic carbocycles. The molecule has 1 saturated heterocycles. The number of para-hydroxylation sites is 2. The molecule has 1 N–H and O–H groups in total. The number of likely N-dealkylation sites (tertiary alicyclic amines) is 1. The number of piperidine rings is 1. The molecule has 0 saturated carbocycles. The van der Waals surface area contributed by atoms with Crippen LogP contribution in [0.15, 0.2) is 72.1 Å². The fourth-order valence-corrected chi connectivity index (χ4v) is 5.78. The lowest BCUT2D eigenvalue weighted by molar-refractivity contribution is -0.0321. The summed E-state index contributed by atoms with van der Waals surface area (Å²) < 4.78 is 38.3. The van der Waals surface area contributed by atoms with Gasteiger partial charge in [-0.05, 0) is 55.3 Å². The van der Waals surface area contributed by atoms with Gasteiger partial charge in [-0.3, -0.25) is 4.72 Å². The van der Waals surface area contributed by atoms with Gasteiger partial charge >= 0.3 is 0 Å². The molecule has 2 atom stereocenters. The maximum absolute atomic E-state index is 11.6. The molecular formula is C27H34N2O4S2. The largest absolute Gasteiger partial charge is 0.491 e. The summed E-state index contributed by atoms with van der Waals surface area (Å²) in [5.74, 6) is 0.553. The molecule has 0 bridgehead atoms. The van der Waals surface area contributed by atoms with Crippen molar-refractivity contribution >= 4 is 27.0 Å². The van der Waals surface area contributed by atoms with Crippen LogP contribution in [0, 0.1) is 0 Å². The standard InChI is InChI=1S/C27H34N2O4S2/c1-21(16-19-32-25-12-7-6-11-24(25)28-35(2,30)31)29-17-14-23(15-18-29)33-27(26-13-8-20-34-26)22-9-4-3-5-10-22/h3-13,20-21,23,27-28H,14-19H2,1-2H3. The van der Waals surface area contributed by atoms with Crippen LogP contribution in [0.3, 0.4) is 0 Å². The lowest BCUT2D eigenvalue weighted by atomic mass is 10.0. The molecule has 1 aliphatic rings. The van der Waals surface area contributed by atoms with Gasteiger partial charge < -0.3 is 14.4 Å². The van der Waals surface area contributed by atoms with Crippen molar-refractivity contribution in [2.45, 2.75) is 44.4 Å². The normalized spacial score (nSPS) is 17.1. The Morgan fingerprint density at radius 3 is 2.43 bits per heavy atom. The van der Waals surface area contributed by atoms with Gasteiger partial charge in [0.1, 0.15) is 11.9 Å². The number of benzene rings is 2. The first-order valence-electron chi connectivity index (χ1n) is 12.1. The number of anilines is 1. The second kappa shape index (κ2) is 12.0. The molecule has 6 nitrogen and oxygen atoms in total. The van der Waals surface area contributed by atoms with Crippen LogP contribution in [-0.4, -0.2) is 51.4 Å². The van der Waals surface area contributed by atoms with E-state index in [0.29, 0.717) is 24.1 Å². The maximum atomic E-state index is 11.6. The topological polar surface area (TPSA) is 67.9 Å². The predicted octanol–water partition coefficient (Wildman–Crippen LogP) is 5.55. The number of hydrogen-bond acceptors (Lipinski definition) is 6. The van der Waals surface area contributed by atoms with Crippen molar-refractivity contribution in [3.8, 4) is 5.75 Å². The Morgan fingerprint density at radius 2 is 1.74 bits per heavy atom. The van der Waals surface area contributed by atoms with E-state index in [0.717, 1.165) is 38.6 Å². The summed E-state index contributed by atoms with van der Waals surface area (Å²) in [5, 5.41) is 2.11. The van der Waals surface area contributed by atoms with Crippen molar-refractivity contribution in [1.29, 1.82) is 0 Å². The number of thiophene rings is 1. The number of ether oxygens (including phenoxy) is 2. The lowest BCUT2D eigenvalue weighted by Crippen LogP contribution is -2.43. The summed E-state index contributed by atoms with van der Waals surface area (Å²) in [6, 6.07) is 22.2. The number of sulfonamides is 1. The second-order valence-corrected chi connectivity index (χ2v) is 11.8. The van der Waals surface area contributed by atoms with E-state index >= 15 is 0 Å². The van der Waals surface area contributed by atoms with Crippen LogP contribution in [0.4, 0.5) is 5.69 Å². The molecule has 1 aliphatic heterocycles. The Labute approximate surface area is 212 Å². The highest BCUT2D eigenvalue weighted by Crippen LogP contribution is 2.33. The summed E-state index contributed by atoms with van der Waals surface area (Å²) in [4.78, 5) is 3.74. The maximum Gasteiger partial charge on any atom is 0.229 e. The van der Waals surface area contributed by atoms with Crippen molar-refractivity contribution in [3.63, 3.8) is 0 Å². The van der Waals surface area contributed by atoms with Gasteiger partial charge in [-0.1, -0.05) is 48.5 Å². The summed E-state index contributed by atoms with van der Waals surface area (Å²) in [7, 11) is -3.35. The van der Waals surface area contributed by atoms with E-state index in [9.17, 15) is 8.42 Å². The fourth-order valence-electron chi connectivity index (χ4n) is 4.42. The number of nitrogens with zero attached hydrogens (tertiary/aromatic N) is 1. The van der Waals surface area contributed by atoms with Gasteiger partial charge in [0.2, 0.25) is 10.0 Å². The lowest BCUT2D eigenvalue weighted by Gasteiger charge is -2.37. The Kier molecular flexibility index (Phi) is 8.83. The first kappa shape index (κ1) is 25.7. The van der Waals surface area contributed by atoms with E-state index in [1.807, 2.05) is 12.1 Å². The van der Waals surface area contributed by atoms with Crippen LogP contribution in [0.5, 0.6) is 5.75 Å². The van der Waals surface area contributed by atoms with Crippen LogP contribution < -0.4 is 9.46 Å². The van der Waals surface area contributed by atoms with Crippen molar-refractivity contribution in [3.05, 3.63) is 82.6 Å². The second-order valence-electron chi connectivity index (χ2n) is 9.03. The number of rotatable bonds is 11. The average molecular weight is 515 g/mol. The Morgan fingerprint density at radius 1 is 1.03 bits per heavy atom. The molecule has 3 aromatic rings. The summed E-state index contributed by atoms with van der Waals surface area (Å²) in [5.41, 5.74) is 1.67. The molecule has 8 heteroatoms. The van der Waals surface area contributed by atoms with Crippen molar-refractivity contribution in [1.82, 2.24) is 4.90 Å². The highest BCUT2D eigenvalue weighted by atomic mass is 32.2. The average Bonchev–Trinajstić information content (AvgIpc) is 3.38. The van der Waals surface area contributed by atoms with Crippen LogP contribution in [-0.2, 0) is 14.8 Å². The third-order valence-corrected chi connectivity index (χ3v) is 7.81. The third kappa shape index (κ3) is 7.54. The van der Waals surface area contributed by atoms with E-state index in [2.05, 4.69) is 58.3 Å². The Balaban J connectivity index is 1.26. The Bertz CT molecular complexity index is 1140. The predicted molar refractivity (Wildman–Crippen MR) is 143 cm³/mol. The fraction of sp³-hybridized carbons (Fsp3) is 0.407. The van der Waals surface area contributed by atoms with E-state index in [1.54, 1.807) is 29.5 Å². The molecule has 1 aromatic heterocycles. The molecule has 1 fully saturated rings. The zero-order valence-electron chi connectivity index (χ0n) is 20.3. The van der Waals surface area contributed by atoms with Gasteiger partial charge in [0.05, 0.1) is 24.7 Å². The summed E-state index contributed by atoms with van der Waals surface area (Å²) >= 11 is 1.74. The minimum atomic E-state index is -3.35. The number of nitrogens with one attached hydrogen (secondary N) is 1. The molecular weight excluding hydrogens is 480 g/mol. The monoisotopic (exact) mass is 514 g/mol. The van der Waals surface area contributed by atoms with E-state index in [-0.39, 0.29) is 12.2 Å². The van der Waals surface area contributed by atoms with Gasteiger partial charge in [-0.25, -0.2) is 8.42 Å². The quantitative estimate of drug-likeness (QED) is 0.364. The smallest absolute Gasteiger partial charge is 0.229 e. The zero-order chi connectivity index (χ0) is 24.7. The minimum absolute atomic E-state index is 0.0146. The molecule has 35 heavy (non-hydrogen) atoms. The first-order chi connectivity index (χ1) is 16.9. The van der Waals surface area contributed by atoms with Crippen LogP contribution in [0.25, 0.3) is 0 Å². The van der Waals surface area contributed by atoms with Gasteiger partial charge in [-0.15, -0.1) is 11.3 Å². The zero-order valence-corrected chi connectivity index (χ0v) is 21.9. The molecule has 4 rings (SSSR count). The number of hydrogen-bond donors (Lipinski definition) is 1.